The van der Waals surface area contributed by atoms with Gasteiger partial charge in [0.05, 0.1) is 23.2 Å². The number of nitrogens with zero attached hydrogens (tertiary/aromatic N) is 2. The smallest absolute Gasteiger partial charge is 0.252 e. The van der Waals surface area contributed by atoms with Crippen LogP contribution in [0.3, 0.4) is 0 Å². The lowest BCUT2D eigenvalue weighted by Crippen LogP contribution is -2.48. The fraction of sp³-hybridized carbons (Fsp3) is 0.348. The Kier molecular flexibility index (Phi) is 7.48. The lowest BCUT2D eigenvalue weighted by molar-refractivity contribution is -0.122. The maximum atomic E-state index is 13.7. The fourth-order valence-electron chi connectivity index (χ4n) is 4.19. The molecule has 2 unspecified atom stereocenters. The van der Waals surface area contributed by atoms with E-state index in [2.05, 4.69) is 5.32 Å². The van der Waals surface area contributed by atoms with E-state index in [1.807, 2.05) is 0 Å². The van der Waals surface area contributed by atoms with Gasteiger partial charge >= 0.3 is 0 Å². The fourth-order valence-corrected chi connectivity index (χ4v) is 6.54. The molecule has 0 aromatic heterocycles. The SMILES string of the molecule is CC(=O)Nc1ccc(N2C(=O)CC(N(CC3CCCO3)S(=O)(=O)c3cc(Cl)ccc3Cl)C2=O)cc1. The van der Waals surface area contributed by atoms with Crippen LogP contribution in [-0.4, -0.2) is 55.7 Å². The van der Waals surface area contributed by atoms with Gasteiger partial charge in [0.1, 0.15) is 10.9 Å². The number of halogens is 2. The molecule has 2 aromatic carbocycles. The van der Waals surface area contributed by atoms with Crippen molar-refractivity contribution in [3.63, 3.8) is 0 Å². The molecule has 2 fully saturated rings. The second-order valence-corrected chi connectivity index (χ2v) is 11.0. The number of anilines is 2. The largest absolute Gasteiger partial charge is 0.377 e. The van der Waals surface area contributed by atoms with Gasteiger partial charge in [-0.1, -0.05) is 23.2 Å². The second kappa shape index (κ2) is 10.2. The average molecular weight is 540 g/mol. The molecule has 2 aromatic rings. The van der Waals surface area contributed by atoms with Crippen molar-refractivity contribution in [2.24, 2.45) is 0 Å². The number of nitrogens with one attached hydrogen (secondary N) is 1. The number of hydrogen-bond donors (Lipinski definition) is 1. The molecule has 186 valence electrons. The molecule has 0 spiro atoms. The first kappa shape index (κ1) is 25.6. The van der Waals surface area contributed by atoms with Gasteiger partial charge < -0.3 is 10.1 Å². The monoisotopic (exact) mass is 539 g/mol. The summed E-state index contributed by atoms with van der Waals surface area (Å²) in [5, 5.41) is 2.73. The van der Waals surface area contributed by atoms with Gasteiger partial charge in [0.25, 0.3) is 5.91 Å². The summed E-state index contributed by atoms with van der Waals surface area (Å²) in [4.78, 5) is 38.3. The predicted octanol–water partition coefficient (Wildman–Crippen LogP) is 3.45. The average Bonchev–Trinajstić information content (AvgIpc) is 3.41. The first-order valence-corrected chi connectivity index (χ1v) is 13.1. The van der Waals surface area contributed by atoms with Gasteiger partial charge in [-0.25, -0.2) is 13.3 Å². The molecule has 12 heteroatoms. The quantitative estimate of drug-likeness (QED) is 0.539. The molecule has 0 radical (unpaired) electrons. The van der Waals surface area contributed by atoms with Crippen LogP contribution in [-0.2, 0) is 29.1 Å². The lowest BCUT2D eigenvalue weighted by Gasteiger charge is -2.29. The molecule has 0 aliphatic carbocycles. The van der Waals surface area contributed by atoms with Gasteiger partial charge in [0, 0.05) is 30.8 Å². The summed E-state index contributed by atoms with van der Waals surface area (Å²) in [7, 11) is -4.32. The molecular weight excluding hydrogens is 517 g/mol. The summed E-state index contributed by atoms with van der Waals surface area (Å²) < 4.78 is 34.1. The molecule has 0 bridgehead atoms. The van der Waals surface area contributed by atoms with Gasteiger partial charge in [-0.2, -0.15) is 4.31 Å². The second-order valence-electron chi connectivity index (χ2n) is 8.30. The summed E-state index contributed by atoms with van der Waals surface area (Å²) >= 11 is 12.2. The van der Waals surface area contributed by atoms with Crippen LogP contribution >= 0.6 is 23.2 Å². The maximum Gasteiger partial charge on any atom is 0.252 e. The van der Waals surface area contributed by atoms with Gasteiger partial charge in [0.2, 0.25) is 21.8 Å². The minimum absolute atomic E-state index is 0.0473. The predicted molar refractivity (Wildman–Crippen MR) is 131 cm³/mol. The molecule has 35 heavy (non-hydrogen) atoms. The van der Waals surface area contributed by atoms with Crippen molar-refractivity contribution in [3.05, 3.63) is 52.5 Å². The van der Waals surface area contributed by atoms with E-state index >= 15 is 0 Å². The van der Waals surface area contributed by atoms with E-state index in [1.165, 1.54) is 37.3 Å². The molecule has 9 nitrogen and oxygen atoms in total. The van der Waals surface area contributed by atoms with Gasteiger partial charge in [-0.05, 0) is 55.3 Å². The third kappa shape index (κ3) is 5.36. The van der Waals surface area contributed by atoms with Crippen molar-refractivity contribution >= 4 is 62.3 Å². The highest BCUT2D eigenvalue weighted by molar-refractivity contribution is 7.89. The number of hydrogen-bond acceptors (Lipinski definition) is 6. The Labute approximate surface area is 213 Å². The van der Waals surface area contributed by atoms with Crippen LogP contribution in [0.4, 0.5) is 11.4 Å². The number of ether oxygens (including phenoxy) is 1. The zero-order valence-corrected chi connectivity index (χ0v) is 21.1. The number of benzene rings is 2. The topological polar surface area (TPSA) is 113 Å². The summed E-state index contributed by atoms with van der Waals surface area (Å²) in [6.45, 7) is 1.74. The van der Waals surface area contributed by atoms with Crippen LogP contribution < -0.4 is 10.2 Å². The first-order chi connectivity index (χ1) is 16.6. The highest BCUT2D eigenvalue weighted by Gasteiger charge is 2.48. The summed E-state index contributed by atoms with van der Waals surface area (Å²) in [6.07, 6.45) is 0.631. The molecule has 2 atom stereocenters. The Hall–Kier alpha value is -2.50. The van der Waals surface area contributed by atoms with Crippen LogP contribution in [0, 0.1) is 0 Å². The van der Waals surface area contributed by atoms with Crippen LogP contribution in [0.1, 0.15) is 26.2 Å². The Morgan fingerprint density at radius 1 is 1.17 bits per heavy atom. The molecular formula is C23H23Cl2N3O6S. The van der Waals surface area contributed by atoms with E-state index in [-0.39, 0.29) is 39.5 Å². The summed E-state index contributed by atoms with van der Waals surface area (Å²) in [6, 6.07) is 8.90. The number of carbonyl (C=O) groups excluding carboxylic acids is 3. The Morgan fingerprint density at radius 3 is 2.51 bits per heavy atom. The van der Waals surface area contributed by atoms with E-state index in [4.69, 9.17) is 27.9 Å². The van der Waals surface area contributed by atoms with Crippen LogP contribution in [0.5, 0.6) is 0 Å². The zero-order valence-electron chi connectivity index (χ0n) is 18.7. The Morgan fingerprint density at radius 2 is 1.89 bits per heavy atom. The number of rotatable bonds is 7. The minimum Gasteiger partial charge on any atom is -0.377 e. The molecule has 1 N–H and O–H groups in total. The van der Waals surface area contributed by atoms with E-state index < -0.39 is 34.0 Å². The van der Waals surface area contributed by atoms with Crippen LogP contribution in [0.15, 0.2) is 47.4 Å². The summed E-state index contributed by atoms with van der Waals surface area (Å²) in [5.74, 6) is -1.49. The van der Waals surface area contributed by atoms with E-state index in [9.17, 15) is 22.8 Å². The zero-order chi connectivity index (χ0) is 25.3. The number of imide groups is 1. The van der Waals surface area contributed by atoms with Gasteiger partial charge in [0.15, 0.2) is 0 Å². The molecule has 2 aliphatic rings. The number of sulfonamides is 1. The molecule has 2 heterocycles. The lowest BCUT2D eigenvalue weighted by atomic mass is 10.2. The van der Waals surface area contributed by atoms with Gasteiger partial charge in [-0.3, -0.25) is 14.4 Å². The third-order valence-corrected chi connectivity index (χ3v) is 8.40. The maximum absolute atomic E-state index is 13.7. The van der Waals surface area contributed by atoms with E-state index in [0.29, 0.717) is 18.7 Å². The third-order valence-electron chi connectivity index (χ3n) is 5.80. The summed E-state index contributed by atoms with van der Waals surface area (Å²) in [5.41, 5.74) is 0.766. The highest BCUT2D eigenvalue weighted by Crippen LogP contribution is 2.34. The normalized spacial score (nSPS) is 20.6. The Balaban J connectivity index is 1.68. The first-order valence-electron chi connectivity index (χ1n) is 10.9. The molecule has 2 aliphatic heterocycles. The van der Waals surface area contributed by atoms with Gasteiger partial charge in [-0.15, -0.1) is 0 Å². The Bertz CT molecular complexity index is 1260. The number of carbonyl (C=O) groups is 3. The molecule has 3 amide bonds. The van der Waals surface area contributed by atoms with Crippen molar-refractivity contribution in [3.8, 4) is 0 Å². The molecule has 0 saturated carbocycles. The standard InChI is InChI=1S/C23H23Cl2N3O6S/c1-14(29)26-16-5-7-17(8-6-16)28-22(30)12-20(23(28)31)27(13-18-3-2-10-34-18)35(32,33)21-11-15(24)4-9-19(21)25/h4-9,11,18,20H,2-3,10,12-13H2,1H3,(H,26,29). The van der Waals surface area contributed by atoms with Crippen molar-refractivity contribution < 1.29 is 27.5 Å². The van der Waals surface area contributed by atoms with Crippen molar-refractivity contribution in [1.82, 2.24) is 4.31 Å². The van der Waals surface area contributed by atoms with Crippen molar-refractivity contribution in [2.75, 3.05) is 23.4 Å². The molecule has 4 rings (SSSR count). The van der Waals surface area contributed by atoms with Crippen molar-refractivity contribution in [2.45, 2.75) is 43.2 Å². The van der Waals surface area contributed by atoms with E-state index in [1.54, 1.807) is 12.1 Å². The van der Waals surface area contributed by atoms with Crippen LogP contribution in [0.2, 0.25) is 10.0 Å². The highest BCUT2D eigenvalue weighted by atomic mass is 35.5. The number of amides is 3. The minimum atomic E-state index is -4.32. The molecule has 2 saturated heterocycles. The van der Waals surface area contributed by atoms with Crippen LogP contribution in [0.25, 0.3) is 0 Å². The van der Waals surface area contributed by atoms with Crippen molar-refractivity contribution in [1.29, 1.82) is 0 Å². The van der Waals surface area contributed by atoms with E-state index in [0.717, 1.165) is 15.6 Å².